The zero-order valence-electron chi connectivity index (χ0n) is 18.7. The van der Waals surface area contributed by atoms with Gasteiger partial charge in [0.2, 0.25) is 10.0 Å². The van der Waals surface area contributed by atoms with Crippen molar-refractivity contribution < 1.29 is 22.3 Å². The number of nitrogens with zero attached hydrogens (tertiary/aromatic N) is 1. The Morgan fingerprint density at radius 2 is 1.81 bits per heavy atom. The lowest BCUT2D eigenvalue weighted by atomic mass is 9.80. The Balaban J connectivity index is 1.72. The van der Waals surface area contributed by atoms with E-state index >= 15 is 0 Å². The summed E-state index contributed by atoms with van der Waals surface area (Å²) < 4.78 is 46.1. The summed E-state index contributed by atoms with van der Waals surface area (Å²) in [5.74, 6) is 0.776. The van der Waals surface area contributed by atoms with Crippen LogP contribution in [0.4, 0.5) is 4.39 Å². The Morgan fingerprint density at radius 1 is 1.16 bits per heavy atom. The summed E-state index contributed by atoms with van der Waals surface area (Å²) in [6.45, 7) is 5.33. The second-order valence-electron chi connectivity index (χ2n) is 9.33. The molecular weight excluding hydrogens is 419 g/mol. The molecule has 2 aliphatic rings. The first-order valence-electron chi connectivity index (χ1n) is 11.3. The molecule has 0 bridgehead atoms. The number of piperidine rings is 1. The Labute approximate surface area is 185 Å². The van der Waals surface area contributed by atoms with Crippen LogP contribution in [-0.2, 0) is 14.8 Å². The number of likely N-dealkylation sites (tertiary alicyclic amines) is 1. The van der Waals surface area contributed by atoms with Gasteiger partial charge >= 0.3 is 0 Å². The minimum absolute atomic E-state index is 0.138. The van der Waals surface area contributed by atoms with E-state index in [0.717, 1.165) is 37.9 Å². The monoisotopic (exact) mass is 454 g/mol. The van der Waals surface area contributed by atoms with Crippen LogP contribution in [0.25, 0.3) is 0 Å². The van der Waals surface area contributed by atoms with E-state index in [2.05, 4.69) is 18.6 Å². The Morgan fingerprint density at radius 3 is 2.39 bits per heavy atom. The Bertz CT molecular complexity index is 836. The van der Waals surface area contributed by atoms with Gasteiger partial charge in [0, 0.05) is 18.2 Å². The average Bonchev–Trinajstić information content (AvgIpc) is 2.72. The van der Waals surface area contributed by atoms with Crippen LogP contribution >= 0.6 is 0 Å². The number of carbonyl (C=O) groups excluding carboxylic acids is 1. The molecule has 1 aliphatic heterocycles. The van der Waals surface area contributed by atoms with E-state index < -0.39 is 27.9 Å². The fraction of sp³-hybridized carbons (Fsp3) is 0.696. The van der Waals surface area contributed by atoms with Crippen LogP contribution in [0.3, 0.4) is 0 Å². The van der Waals surface area contributed by atoms with Gasteiger partial charge in [0.15, 0.2) is 0 Å². The summed E-state index contributed by atoms with van der Waals surface area (Å²) in [6.07, 6.45) is 6.87. The third-order valence-electron chi connectivity index (χ3n) is 6.66. The summed E-state index contributed by atoms with van der Waals surface area (Å²) in [5, 5.41) is 0. The molecule has 1 heterocycles. The molecule has 1 N–H and O–H groups in total. The highest BCUT2D eigenvalue weighted by atomic mass is 32.2. The van der Waals surface area contributed by atoms with Crippen LogP contribution in [0.1, 0.15) is 62.7 Å². The zero-order valence-corrected chi connectivity index (χ0v) is 19.5. The van der Waals surface area contributed by atoms with Gasteiger partial charge in [0.05, 0.1) is 25.0 Å². The van der Waals surface area contributed by atoms with Crippen molar-refractivity contribution in [3.8, 4) is 0 Å². The van der Waals surface area contributed by atoms with E-state index in [-0.39, 0.29) is 18.6 Å². The normalized spacial score (nSPS) is 27.5. The number of halogens is 1. The van der Waals surface area contributed by atoms with Crippen molar-refractivity contribution in [1.82, 2.24) is 9.62 Å². The number of amides is 1. The average molecular weight is 455 g/mol. The third-order valence-corrected chi connectivity index (χ3v) is 7.39. The molecule has 0 spiro atoms. The van der Waals surface area contributed by atoms with E-state index in [0.29, 0.717) is 30.9 Å². The van der Waals surface area contributed by atoms with Gasteiger partial charge in [-0.1, -0.05) is 13.8 Å². The van der Waals surface area contributed by atoms with Crippen molar-refractivity contribution in [1.29, 1.82) is 0 Å². The van der Waals surface area contributed by atoms with Crippen molar-refractivity contribution in [2.45, 2.75) is 70.6 Å². The molecule has 1 amide bonds. The zero-order chi connectivity index (χ0) is 22.6. The highest BCUT2D eigenvalue weighted by Crippen LogP contribution is 2.32. The largest absolute Gasteiger partial charge is 0.376 e. The maximum Gasteiger partial charge on any atom is 0.254 e. The summed E-state index contributed by atoms with van der Waals surface area (Å²) in [5.41, 5.74) is 0.392. The molecule has 2 fully saturated rings. The van der Waals surface area contributed by atoms with E-state index in [1.807, 2.05) is 0 Å². The number of ether oxygens (including phenoxy) is 1. The molecule has 174 valence electrons. The molecule has 1 aromatic carbocycles. The van der Waals surface area contributed by atoms with Crippen LogP contribution in [-0.4, -0.2) is 56.8 Å². The summed E-state index contributed by atoms with van der Waals surface area (Å²) >= 11 is 0. The Kier molecular flexibility index (Phi) is 8.10. The third kappa shape index (κ3) is 6.73. The fourth-order valence-electron chi connectivity index (χ4n) is 4.84. The molecule has 1 saturated heterocycles. The van der Waals surface area contributed by atoms with Crippen LogP contribution < -0.4 is 4.72 Å². The molecule has 6 nitrogen and oxygen atoms in total. The molecule has 0 aromatic heterocycles. The van der Waals surface area contributed by atoms with Crippen molar-refractivity contribution in [3.63, 3.8) is 0 Å². The first-order valence-corrected chi connectivity index (χ1v) is 13.2. The molecule has 0 radical (unpaired) electrons. The number of benzene rings is 1. The smallest absolute Gasteiger partial charge is 0.254 e. The van der Waals surface area contributed by atoms with Gasteiger partial charge in [-0.25, -0.2) is 17.5 Å². The minimum atomic E-state index is -3.43. The molecule has 1 aliphatic carbocycles. The number of hydrogen-bond acceptors (Lipinski definition) is 4. The van der Waals surface area contributed by atoms with Crippen LogP contribution in [0, 0.1) is 17.7 Å². The molecule has 3 rings (SSSR count). The molecule has 1 saturated carbocycles. The maximum absolute atomic E-state index is 13.3. The second kappa shape index (κ2) is 10.4. The van der Waals surface area contributed by atoms with Crippen LogP contribution in [0.2, 0.25) is 0 Å². The SMILES string of the molecule is CC(C)C1CCC(OC[C@H]2[C@@H](NS(C)(=O)=O)CCCN2C(=O)c2ccc(F)cc2)CC1. The number of carbonyl (C=O) groups is 1. The second-order valence-corrected chi connectivity index (χ2v) is 11.1. The lowest BCUT2D eigenvalue weighted by Crippen LogP contribution is -2.59. The molecular formula is C23H35FN2O4S. The first kappa shape index (κ1) is 24.1. The standard InChI is InChI=1S/C23H35FN2O4S/c1-16(2)17-8-12-20(13-9-17)30-15-22-21(25-31(3,28)29)5-4-14-26(22)23(27)18-6-10-19(24)11-7-18/h6-7,10-11,16-17,20-22,25H,4-5,8-9,12-15H2,1-3H3/t17?,20?,21-,22-/m0/s1. The van der Waals surface area contributed by atoms with Gasteiger partial charge in [-0.2, -0.15) is 0 Å². The van der Waals surface area contributed by atoms with E-state index in [1.165, 1.54) is 24.3 Å². The number of rotatable bonds is 7. The van der Waals surface area contributed by atoms with Gasteiger partial charge in [0.25, 0.3) is 5.91 Å². The van der Waals surface area contributed by atoms with Gasteiger partial charge in [-0.3, -0.25) is 4.79 Å². The maximum atomic E-state index is 13.3. The van der Waals surface area contributed by atoms with Crippen molar-refractivity contribution in [3.05, 3.63) is 35.6 Å². The number of nitrogens with one attached hydrogen (secondary N) is 1. The molecule has 1 aromatic rings. The van der Waals surface area contributed by atoms with Crippen molar-refractivity contribution in [2.24, 2.45) is 11.8 Å². The van der Waals surface area contributed by atoms with Crippen LogP contribution in [0.5, 0.6) is 0 Å². The Hall–Kier alpha value is -1.51. The predicted molar refractivity (Wildman–Crippen MR) is 119 cm³/mol. The van der Waals surface area contributed by atoms with Gasteiger partial charge in [0.1, 0.15) is 5.82 Å². The summed E-state index contributed by atoms with van der Waals surface area (Å²) in [7, 11) is -3.43. The van der Waals surface area contributed by atoms with Gasteiger partial charge in [-0.05, 0) is 74.6 Å². The highest BCUT2D eigenvalue weighted by Gasteiger charge is 2.37. The van der Waals surface area contributed by atoms with Crippen molar-refractivity contribution in [2.75, 3.05) is 19.4 Å². The quantitative estimate of drug-likeness (QED) is 0.683. The van der Waals surface area contributed by atoms with E-state index in [9.17, 15) is 17.6 Å². The molecule has 8 heteroatoms. The first-order chi connectivity index (χ1) is 14.6. The van der Waals surface area contributed by atoms with E-state index in [4.69, 9.17) is 4.74 Å². The van der Waals surface area contributed by atoms with Crippen LogP contribution in [0.15, 0.2) is 24.3 Å². The van der Waals surface area contributed by atoms with Crippen molar-refractivity contribution >= 4 is 15.9 Å². The fourth-order valence-corrected chi connectivity index (χ4v) is 5.67. The number of hydrogen-bond donors (Lipinski definition) is 1. The predicted octanol–water partition coefficient (Wildman–Crippen LogP) is 3.58. The molecule has 0 unspecified atom stereocenters. The summed E-state index contributed by atoms with van der Waals surface area (Å²) in [6, 6.07) is 4.67. The number of sulfonamides is 1. The highest BCUT2D eigenvalue weighted by molar-refractivity contribution is 7.88. The van der Waals surface area contributed by atoms with Gasteiger partial charge < -0.3 is 9.64 Å². The summed E-state index contributed by atoms with van der Waals surface area (Å²) in [4.78, 5) is 14.9. The topological polar surface area (TPSA) is 75.7 Å². The minimum Gasteiger partial charge on any atom is -0.376 e. The van der Waals surface area contributed by atoms with E-state index in [1.54, 1.807) is 4.90 Å². The molecule has 2 atom stereocenters. The lowest BCUT2D eigenvalue weighted by Gasteiger charge is -2.42. The lowest BCUT2D eigenvalue weighted by molar-refractivity contribution is -0.0282. The van der Waals surface area contributed by atoms with Gasteiger partial charge in [-0.15, -0.1) is 0 Å². The molecule has 31 heavy (non-hydrogen) atoms.